The summed E-state index contributed by atoms with van der Waals surface area (Å²) in [6.45, 7) is 0.358. The molecule has 21 heavy (non-hydrogen) atoms. The number of aromatic hydroxyl groups is 1. The van der Waals surface area contributed by atoms with Crippen molar-refractivity contribution < 1.29 is 19.4 Å². The van der Waals surface area contributed by atoms with E-state index < -0.39 is 0 Å². The van der Waals surface area contributed by atoms with Crippen molar-refractivity contribution in [3.05, 3.63) is 59.7 Å². The average molecular weight is 286 g/mol. The zero-order valence-electron chi connectivity index (χ0n) is 11.9. The van der Waals surface area contributed by atoms with E-state index in [0.717, 1.165) is 12.0 Å². The van der Waals surface area contributed by atoms with Gasteiger partial charge in [-0.05, 0) is 42.7 Å². The number of phenols is 1. The van der Waals surface area contributed by atoms with Gasteiger partial charge in [0.15, 0.2) is 11.5 Å². The first-order valence-electron chi connectivity index (χ1n) is 6.79. The van der Waals surface area contributed by atoms with E-state index in [2.05, 4.69) is 0 Å². The summed E-state index contributed by atoms with van der Waals surface area (Å²) in [7, 11) is 1.51. The van der Waals surface area contributed by atoms with E-state index in [4.69, 9.17) is 9.47 Å². The molecule has 0 bridgehead atoms. The van der Waals surface area contributed by atoms with Crippen LogP contribution in [0.4, 0.5) is 0 Å². The SMILES string of the molecule is COc1cc(CCCOC(=O)c2ccccc2)ccc1O. The van der Waals surface area contributed by atoms with Crippen LogP contribution < -0.4 is 4.74 Å². The molecule has 2 aromatic carbocycles. The van der Waals surface area contributed by atoms with Crippen molar-refractivity contribution >= 4 is 5.97 Å². The van der Waals surface area contributed by atoms with E-state index >= 15 is 0 Å². The van der Waals surface area contributed by atoms with Crippen molar-refractivity contribution in [2.24, 2.45) is 0 Å². The van der Waals surface area contributed by atoms with Crippen molar-refractivity contribution in [3.63, 3.8) is 0 Å². The quantitative estimate of drug-likeness (QED) is 0.654. The van der Waals surface area contributed by atoms with Crippen molar-refractivity contribution in [1.29, 1.82) is 0 Å². The third-order valence-electron chi connectivity index (χ3n) is 3.10. The molecule has 0 unspecified atom stereocenters. The van der Waals surface area contributed by atoms with Crippen LogP contribution in [0.3, 0.4) is 0 Å². The maximum absolute atomic E-state index is 11.7. The Morgan fingerprint density at radius 2 is 1.90 bits per heavy atom. The fourth-order valence-corrected chi connectivity index (χ4v) is 1.98. The molecule has 0 fully saturated rings. The lowest BCUT2D eigenvalue weighted by atomic mass is 10.1. The maximum Gasteiger partial charge on any atom is 0.338 e. The third kappa shape index (κ3) is 4.24. The second kappa shape index (κ2) is 7.33. The van der Waals surface area contributed by atoms with E-state index in [1.807, 2.05) is 12.1 Å². The first-order chi connectivity index (χ1) is 10.2. The molecule has 0 aliphatic carbocycles. The summed E-state index contributed by atoms with van der Waals surface area (Å²) in [5.41, 5.74) is 1.59. The fourth-order valence-electron chi connectivity index (χ4n) is 1.98. The molecule has 4 nitrogen and oxygen atoms in total. The minimum Gasteiger partial charge on any atom is -0.504 e. The summed E-state index contributed by atoms with van der Waals surface area (Å²) in [5, 5.41) is 9.51. The molecule has 0 saturated carbocycles. The van der Waals surface area contributed by atoms with Crippen LogP contribution in [0, 0.1) is 0 Å². The van der Waals surface area contributed by atoms with Crippen LogP contribution in [0.15, 0.2) is 48.5 Å². The predicted octanol–water partition coefficient (Wildman–Crippen LogP) is 3.19. The zero-order valence-corrected chi connectivity index (χ0v) is 11.9. The molecular weight excluding hydrogens is 268 g/mol. The van der Waals surface area contributed by atoms with Gasteiger partial charge in [-0.2, -0.15) is 0 Å². The van der Waals surface area contributed by atoms with Crippen LogP contribution in [0.5, 0.6) is 11.5 Å². The lowest BCUT2D eigenvalue weighted by Gasteiger charge is -2.07. The van der Waals surface area contributed by atoms with Gasteiger partial charge in [0.05, 0.1) is 19.3 Å². The van der Waals surface area contributed by atoms with Crippen LogP contribution >= 0.6 is 0 Å². The van der Waals surface area contributed by atoms with E-state index in [9.17, 15) is 9.90 Å². The van der Waals surface area contributed by atoms with Crippen molar-refractivity contribution in [3.8, 4) is 11.5 Å². The maximum atomic E-state index is 11.7. The Kier molecular flexibility index (Phi) is 5.21. The second-order valence-corrected chi connectivity index (χ2v) is 4.61. The number of rotatable bonds is 6. The standard InChI is InChI=1S/C17H18O4/c1-20-16-12-13(9-10-15(16)18)6-5-11-21-17(19)14-7-3-2-4-8-14/h2-4,7-10,12,18H,5-6,11H2,1H3. The minimum atomic E-state index is -0.307. The molecule has 110 valence electrons. The molecule has 0 aliphatic rings. The highest BCUT2D eigenvalue weighted by Gasteiger charge is 2.06. The van der Waals surface area contributed by atoms with Gasteiger partial charge in [0.2, 0.25) is 0 Å². The number of phenolic OH excluding ortho intramolecular Hbond substituents is 1. The lowest BCUT2D eigenvalue weighted by Crippen LogP contribution is -2.06. The van der Waals surface area contributed by atoms with Crippen LogP contribution in [-0.4, -0.2) is 24.8 Å². The van der Waals surface area contributed by atoms with E-state index in [-0.39, 0.29) is 11.7 Å². The Balaban J connectivity index is 1.78. The van der Waals surface area contributed by atoms with Crippen LogP contribution in [0.2, 0.25) is 0 Å². The molecule has 0 aliphatic heterocycles. The molecule has 0 atom stereocenters. The molecule has 0 heterocycles. The van der Waals surface area contributed by atoms with Crippen LogP contribution in [0.1, 0.15) is 22.3 Å². The number of carbonyl (C=O) groups excluding carboxylic acids is 1. The number of benzene rings is 2. The van der Waals surface area contributed by atoms with Crippen LogP contribution in [-0.2, 0) is 11.2 Å². The van der Waals surface area contributed by atoms with Gasteiger partial charge in [-0.15, -0.1) is 0 Å². The molecule has 0 amide bonds. The Bertz CT molecular complexity index is 593. The molecule has 4 heteroatoms. The van der Waals surface area contributed by atoms with E-state index in [1.165, 1.54) is 7.11 Å². The van der Waals surface area contributed by atoms with Crippen molar-refractivity contribution in [2.75, 3.05) is 13.7 Å². The first kappa shape index (κ1) is 14.9. The van der Waals surface area contributed by atoms with Gasteiger partial charge in [-0.1, -0.05) is 24.3 Å². The van der Waals surface area contributed by atoms with Gasteiger partial charge in [0, 0.05) is 0 Å². The zero-order chi connectivity index (χ0) is 15.1. The highest BCUT2D eigenvalue weighted by molar-refractivity contribution is 5.89. The second-order valence-electron chi connectivity index (χ2n) is 4.61. The largest absolute Gasteiger partial charge is 0.504 e. The molecule has 0 aromatic heterocycles. The number of aryl methyl sites for hydroxylation is 1. The number of carbonyl (C=O) groups is 1. The molecular formula is C17H18O4. The van der Waals surface area contributed by atoms with Crippen molar-refractivity contribution in [1.82, 2.24) is 0 Å². The lowest BCUT2D eigenvalue weighted by molar-refractivity contribution is 0.0500. The summed E-state index contributed by atoms with van der Waals surface area (Å²) < 4.78 is 10.3. The number of hydrogen-bond donors (Lipinski definition) is 1. The summed E-state index contributed by atoms with van der Waals surface area (Å²) in [4.78, 5) is 11.7. The summed E-state index contributed by atoms with van der Waals surface area (Å²) in [5.74, 6) is 0.268. The van der Waals surface area contributed by atoms with Gasteiger partial charge in [-0.3, -0.25) is 0 Å². The molecule has 0 saturated heterocycles. The Labute approximate surface area is 123 Å². The smallest absolute Gasteiger partial charge is 0.338 e. The first-order valence-corrected chi connectivity index (χ1v) is 6.79. The van der Waals surface area contributed by atoms with E-state index in [0.29, 0.717) is 24.3 Å². The van der Waals surface area contributed by atoms with Gasteiger partial charge in [-0.25, -0.2) is 4.79 Å². The normalized spacial score (nSPS) is 10.1. The van der Waals surface area contributed by atoms with Crippen LogP contribution in [0.25, 0.3) is 0 Å². The van der Waals surface area contributed by atoms with Gasteiger partial charge in [0.25, 0.3) is 0 Å². The number of hydrogen-bond acceptors (Lipinski definition) is 4. The summed E-state index contributed by atoms with van der Waals surface area (Å²) in [6, 6.07) is 14.1. The predicted molar refractivity (Wildman–Crippen MR) is 79.7 cm³/mol. The molecule has 1 N–H and O–H groups in total. The topological polar surface area (TPSA) is 55.8 Å². The van der Waals surface area contributed by atoms with Gasteiger partial charge >= 0.3 is 5.97 Å². The monoisotopic (exact) mass is 286 g/mol. The third-order valence-corrected chi connectivity index (χ3v) is 3.10. The Hall–Kier alpha value is -2.49. The van der Waals surface area contributed by atoms with E-state index in [1.54, 1.807) is 36.4 Å². The Morgan fingerprint density at radius 1 is 1.14 bits per heavy atom. The number of esters is 1. The highest BCUT2D eigenvalue weighted by atomic mass is 16.5. The molecule has 2 aromatic rings. The minimum absolute atomic E-state index is 0.122. The van der Waals surface area contributed by atoms with Gasteiger partial charge in [0.1, 0.15) is 0 Å². The molecule has 0 spiro atoms. The van der Waals surface area contributed by atoms with Gasteiger partial charge < -0.3 is 14.6 Å². The number of methoxy groups -OCH3 is 1. The summed E-state index contributed by atoms with van der Waals surface area (Å²) >= 11 is 0. The Morgan fingerprint density at radius 3 is 2.62 bits per heavy atom. The highest BCUT2D eigenvalue weighted by Crippen LogP contribution is 2.26. The fraction of sp³-hybridized carbons (Fsp3) is 0.235. The molecule has 2 rings (SSSR count). The summed E-state index contributed by atoms with van der Waals surface area (Å²) in [6.07, 6.45) is 1.46. The number of ether oxygens (including phenoxy) is 2. The average Bonchev–Trinajstić information content (AvgIpc) is 2.53. The van der Waals surface area contributed by atoms with Crippen molar-refractivity contribution in [2.45, 2.75) is 12.8 Å². The molecule has 0 radical (unpaired) electrons.